The number of amides is 2. The summed E-state index contributed by atoms with van der Waals surface area (Å²) in [5.41, 5.74) is 1.44. The zero-order valence-corrected chi connectivity index (χ0v) is 13.4. The van der Waals surface area contributed by atoms with E-state index in [2.05, 4.69) is 10.6 Å². The summed E-state index contributed by atoms with van der Waals surface area (Å²) in [6.07, 6.45) is 0.653. The first-order chi connectivity index (χ1) is 11.1. The number of carbonyl (C=O) groups is 2. The average molecular weight is 333 g/mol. The van der Waals surface area contributed by atoms with Gasteiger partial charge in [0.2, 0.25) is 0 Å². The molecule has 0 aliphatic rings. The Morgan fingerprint density at radius 3 is 2.52 bits per heavy atom. The maximum Gasteiger partial charge on any atom is 0.313 e. The van der Waals surface area contributed by atoms with Crippen molar-refractivity contribution in [1.82, 2.24) is 5.32 Å². The fraction of sp³-hybridized carbons (Fsp3) is 0.176. The molecule has 2 N–H and O–H groups in total. The number of ether oxygens (including phenoxy) is 1. The van der Waals surface area contributed by atoms with Crippen molar-refractivity contribution in [3.8, 4) is 5.75 Å². The highest BCUT2D eigenvalue weighted by molar-refractivity contribution is 6.40. The van der Waals surface area contributed by atoms with Gasteiger partial charge in [-0.2, -0.15) is 0 Å². The van der Waals surface area contributed by atoms with Crippen LogP contribution in [0.25, 0.3) is 0 Å². The van der Waals surface area contributed by atoms with Crippen LogP contribution >= 0.6 is 11.6 Å². The minimum Gasteiger partial charge on any atom is -0.495 e. The lowest BCUT2D eigenvalue weighted by molar-refractivity contribution is -0.136. The Bertz CT molecular complexity index is 689. The van der Waals surface area contributed by atoms with Crippen molar-refractivity contribution in [3.05, 3.63) is 59.1 Å². The van der Waals surface area contributed by atoms with Gasteiger partial charge in [-0.05, 0) is 30.2 Å². The van der Waals surface area contributed by atoms with E-state index in [0.717, 1.165) is 5.56 Å². The third kappa shape index (κ3) is 5.00. The van der Waals surface area contributed by atoms with E-state index in [1.165, 1.54) is 13.2 Å². The summed E-state index contributed by atoms with van der Waals surface area (Å²) in [6.45, 7) is 0.378. The summed E-state index contributed by atoms with van der Waals surface area (Å²) in [7, 11) is 1.47. The smallest absolute Gasteiger partial charge is 0.313 e. The van der Waals surface area contributed by atoms with E-state index in [0.29, 0.717) is 29.4 Å². The van der Waals surface area contributed by atoms with Crippen LogP contribution in [-0.2, 0) is 16.0 Å². The molecule has 2 aromatic carbocycles. The van der Waals surface area contributed by atoms with Crippen LogP contribution in [-0.4, -0.2) is 25.5 Å². The molecular weight excluding hydrogens is 316 g/mol. The van der Waals surface area contributed by atoms with E-state index in [4.69, 9.17) is 16.3 Å². The number of carbonyl (C=O) groups excluding carboxylic acids is 2. The van der Waals surface area contributed by atoms with Crippen LogP contribution in [0.5, 0.6) is 5.75 Å². The van der Waals surface area contributed by atoms with E-state index in [9.17, 15) is 9.59 Å². The fourth-order valence-electron chi connectivity index (χ4n) is 2.00. The molecule has 0 aliphatic carbocycles. The number of halogens is 1. The Morgan fingerprint density at radius 1 is 1.09 bits per heavy atom. The van der Waals surface area contributed by atoms with Crippen LogP contribution in [0.2, 0.25) is 5.02 Å². The molecule has 0 aromatic heterocycles. The third-order valence-electron chi connectivity index (χ3n) is 3.16. The van der Waals surface area contributed by atoms with Crippen LogP contribution in [0.4, 0.5) is 5.69 Å². The molecule has 0 radical (unpaired) electrons. The summed E-state index contributed by atoms with van der Waals surface area (Å²) in [5.74, 6) is -1.04. The zero-order chi connectivity index (χ0) is 16.7. The quantitative estimate of drug-likeness (QED) is 0.827. The molecule has 2 aromatic rings. The Labute approximate surface area is 139 Å². The van der Waals surface area contributed by atoms with Gasteiger partial charge in [0.05, 0.1) is 12.8 Å². The van der Waals surface area contributed by atoms with E-state index in [1.54, 1.807) is 12.1 Å². The topological polar surface area (TPSA) is 67.4 Å². The molecule has 0 atom stereocenters. The number of benzene rings is 2. The molecule has 0 spiro atoms. The molecule has 0 aliphatic heterocycles. The number of methoxy groups -OCH3 is 1. The van der Waals surface area contributed by atoms with Gasteiger partial charge < -0.3 is 15.4 Å². The van der Waals surface area contributed by atoms with E-state index < -0.39 is 11.8 Å². The Balaban J connectivity index is 1.88. The van der Waals surface area contributed by atoms with Gasteiger partial charge in [0.15, 0.2) is 0 Å². The average Bonchev–Trinajstić information content (AvgIpc) is 2.56. The highest BCUT2D eigenvalue weighted by Gasteiger charge is 2.15. The molecule has 6 heteroatoms. The van der Waals surface area contributed by atoms with E-state index in [1.807, 2.05) is 30.3 Å². The van der Waals surface area contributed by atoms with Crippen molar-refractivity contribution < 1.29 is 14.3 Å². The van der Waals surface area contributed by atoms with Crippen LogP contribution in [0.15, 0.2) is 48.5 Å². The van der Waals surface area contributed by atoms with Gasteiger partial charge in [-0.15, -0.1) is 0 Å². The summed E-state index contributed by atoms with van der Waals surface area (Å²) in [6, 6.07) is 14.5. The Hall–Kier alpha value is -2.53. The zero-order valence-electron chi connectivity index (χ0n) is 12.6. The van der Waals surface area contributed by atoms with Crippen molar-refractivity contribution in [2.24, 2.45) is 0 Å². The lowest BCUT2D eigenvalue weighted by Gasteiger charge is -2.10. The van der Waals surface area contributed by atoms with Gasteiger partial charge in [-0.1, -0.05) is 41.9 Å². The lowest BCUT2D eigenvalue weighted by Crippen LogP contribution is -2.36. The van der Waals surface area contributed by atoms with Crippen molar-refractivity contribution in [1.29, 1.82) is 0 Å². The fourth-order valence-corrected chi connectivity index (χ4v) is 2.17. The predicted molar refractivity (Wildman–Crippen MR) is 89.8 cm³/mol. The molecule has 5 nitrogen and oxygen atoms in total. The maximum atomic E-state index is 11.9. The molecule has 0 saturated heterocycles. The number of rotatable bonds is 5. The molecule has 0 saturated carbocycles. The van der Waals surface area contributed by atoms with Gasteiger partial charge in [0.25, 0.3) is 0 Å². The van der Waals surface area contributed by atoms with Crippen molar-refractivity contribution >= 4 is 29.1 Å². The number of hydrogen-bond acceptors (Lipinski definition) is 3. The van der Waals surface area contributed by atoms with Crippen molar-refractivity contribution in [2.75, 3.05) is 19.0 Å². The van der Waals surface area contributed by atoms with Crippen LogP contribution in [0.3, 0.4) is 0 Å². The monoisotopic (exact) mass is 332 g/mol. The second kappa shape index (κ2) is 8.19. The maximum absolute atomic E-state index is 11.9. The van der Waals surface area contributed by atoms with E-state index in [-0.39, 0.29) is 0 Å². The Morgan fingerprint density at radius 2 is 1.83 bits per heavy atom. The lowest BCUT2D eigenvalue weighted by atomic mass is 10.1. The molecule has 2 rings (SSSR count). The molecule has 0 fully saturated rings. The highest BCUT2D eigenvalue weighted by atomic mass is 35.5. The normalized spacial score (nSPS) is 10.0. The second-order valence-electron chi connectivity index (χ2n) is 4.79. The van der Waals surface area contributed by atoms with Gasteiger partial charge in [0.1, 0.15) is 5.75 Å². The summed E-state index contributed by atoms with van der Waals surface area (Å²) in [4.78, 5) is 23.7. The molecule has 2 amide bonds. The largest absolute Gasteiger partial charge is 0.495 e. The molecule has 120 valence electrons. The van der Waals surface area contributed by atoms with Crippen LogP contribution < -0.4 is 15.4 Å². The number of nitrogens with one attached hydrogen (secondary N) is 2. The SMILES string of the molecule is COc1ccc(Cl)cc1NC(=O)C(=O)NCCc1ccccc1. The summed E-state index contributed by atoms with van der Waals surface area (Å²) in [5, 5.41) is 5.50. The molecule has 23 heavy (non-hydrogen) atoms. The van der Waals surface area contributed by atoms with Crippen LogP contribution in [0, 0.1) is 0 Å². The highest BCUT2D eigenvalue weighted by Crippen LogP contribution is 2.27. The number of anilines is 1. The Kier molecular flexibility index (Phi) is 6.00. The molecule has 0 unspecified atom stereocenters. The van der Waals surface area contributed by atoms with Crippen molar-refractivity contribution in [2.45, 2.75) is 6.42 Å². The summed E-state index contributed by atoms with van der Waals surface area (Å²) >= 11 is 5.88. The second-order valence-corrected chi connectivity index (χ2v) is 5.23. The van der Waals surface area contributed by atoms with Crippen LogP contribution in [0.1, 0.15) is 5.56 Å². The molecule has 0 bridgehead atoms. The minimum absolute atomic E-state index is 0.350. The van der Waals surface area contributed by atoms with E-state index >= 15 is 0 Å². The predicted octanol–water partition coefficient (Wildman–Crippen LogP) is 2.65. The van der Waals surface area contributed by atoms with Gasteiger partial charge >= 0.3 is 11.8 Å². The summed E-state index contributed by atoms with van der Waals surface area (Å²) < 4.78 is 5.11. The van der Waals surface area contributed by atoms with Gasteiger partial charge in [-0.25, -0.2) is 0 Å². The standard InChI is InChI=1S/C17H17ClN2O3/c1-23-15-8-7-13(18)11-14(15)20-17(22)16(21)19-10-9-12-5-3-2-4-6-12/h2-8,11H,9-10H2,1H3,(H,19,21)(H,20,22). The molecule has 0 heterocycles. The first-order valence-corrected chi connectivity index (χ1v) is 7.44. The third-order valence-corrected chi connectivity index (χ3v) is 3.39. The minimum atomic E-state index is -0.765. The number of hydrogen-bond donors (Lipinski definition) is 2. The van der Waals surface area contributed by atoms with Gasteiger partial charge in [0, 0.05) is 11.6 Å². The molecular formula is C17H17ClN2O3. The first-order valence-electron chi connectivity index (χ1n) is 7.07. The van der Waals surface area contributed by atoms with Crippen molar-refractivity contribution in [3.63, 3.8) is 0 Å². The van der Waals surface area contributed by atoms with Gasteiger partial charge in [-0.3, -0.25) is 9.59 Å². The first kappa shape index (κ1) is 16.8.